The first-order valence-electron chi connectivity index (χ1n) is 6.91. The second-order valence-electron chi connectivity index (χ2n) is 5.82. The number of rotatable bonds is 1. The van der Waals surface area contributed by atoms with E-state index in [1.54, 1.807) is 0 Å². The van der Waals surface area contributed by atoms with Gasteiger partial charge in [-0.15, -0.1) is 0 Å². The van der Waals surface area contributed by atoms with Gasteiger partial charge in [0.25, 0.3) is 0 Å². The predicted molar refractivity (Wildman–Crippen MR) is 74.7 cm³/mol. The maximum absolute atomic E-state index is 4.94. The third kappa shape index (κ3) is 2.48. The SMILES string of the molecule is CC1CSC(=NC2CC3CCCC(C2)N3C)N1. The van der Waals surface area contributed by atoms with Gasteiger partial charge >= 0.3 is 0 Å². The summed E-state index contributed by atoms with van der Waals surface area (Å²) in [4.78, 5) is 7.55. The molecule has 4 heteroatoms. The highest BCUT2D eigenvalue weighted by Crippen LogP contribution is 2.34. The van der Waals surface area contributed by atoms with Crippen LogP contribution in [0.1, 0.15) is 39.0 Å². The predicted octanol–water partition coefficient (Wildman–Crippen LogP) is 2.08. The summed E-state index contributed by atoms with van der Waals surface area (Å²) >= 11 is 1.90. The molecule has 0 aliphatic carbocycles. The largest absolute Gasteiger partial charge is 0.362 e. The van der Waals surface area contributed by atoms with Crippen LogP contribution in [0.4, 0.5) is 0 Å². The van der Waals surface area contributed by atoms with Crippen molar-refractivity contribution >= 4 is 16.9 Å². The Labute approximate surface area is 108 Å². The van der Waals surface area contributed by atoms with Crippen LogP contribution >= 0.6 is 11.8 Å². The van der Waals surface area contributed by atoms with Gasteiger partial charge in [-0.05, 0) is 39.7 Å². The summed E-state index contributed by atoms with van der Waals surface area (Å²) in [5, 5.41) is 4.68. The number of nitrogens with zero attached hydrogens (tertiary/aromatic N) is 2. The molecule has 0 amide bonds. The van der Waals surface area contributed by atoms with E-state index in [0.29, 0.717) is 12.1 Å². The zero-order valence-corrected chi connectivity index (χ0v) is 11.7. The smallest absolute Gasteiger partial charge is 0.157 e. The molecule has 3 aliphatic rings. The quantitative estimate of drug-likeness (QED) is 0.775. The molecule has 3 atom stereocenters. The molecule has 3 aliphatic heterocycles. The highest BCUT2D eigenvalue weighted by Gasteiger charge is 2.36. The minimum atomic E-state index is 0.571. The first-order chi connectivity index (χ1) is 8.22. The third-order valence-corrected chi connectivity index (χ3v) is 5.62. The van der Waals surface area contributed by atoms with Crippen molar-refractivity contribution in [3.05, 3.63) is 0 Å². The highest BCUT2D eigenvalue weighted by molar-refractivity contribution is 8.14. The summed E-state index contributed by atoms with van der Waals surface area (Å²) < 4.78 is 0. The molecule has 3 nitrogen and oxygen atoms in total. The first kappa shape index (κ1) is 11.8. The minimum absolute atomic E-state index is 0.571. The van der Waals surface area contributed by atoms with Crippen molar-refractivity contribution in [1.29, 1.82) is 0 Å². The van der Waals surface area contributed by atoms with Crippen molar-refractivity contribution in [2.75, 3.05) is 12.8 Å². The second-order valence-corrected chi connectivity index (χ2v) is 6.83. The van der Waals surface area contributed by atoms with E-state index in [4.69, 9.17) is 4.99 Å². The molecule has 2 bridgehead atoms. The monoisotopic (exact) mass is 253 g/mol. The molecule has 1 N–H and O–H groups in total. The Hall–Kier alpha value is -0.220. The van der Waals surface area contributed by atoms with Crippen LogP contribution in [0, 0.1) is 0 Å². The van der Waals surface area contributed by atoms with E-state index in [1.807, 2.05) is 11.8 Å². The molecule has 3 heterocycles. The molecule has 0 radical (unpaired) electrons. The number of hydrogen-bond donors (Lipinski definition) is 1. The first-order valence-corrected chi connectivity index (χ1v) is 7.90. The summed E-state index contributed by atoms with van der Waals surface area (Å²) in [6.45, 7) is 2.24. The third-order valence-electron chi connectivity index (χ3n) is 4.45. The number of hydrogen-bond acceptors (Lipinski definition) is 3. The van der Waals surface area contributed by atoms with Crippen LogP contribution in [0.2, 0.25) is 0 Å². The van der Waals surface area contributed by atoms with Gasteiger partial charge in [0.1, 0.15) is 0 Å². The molecule has 3 rings (SSSR count). The molecule has 3 saturated heterocycles. The number of fused-ring (bicyclic) bond motifs is 2. The van der Waals surface area contributed by atoms with Gasteiger partial charge in [0, 0.05) is 23.9 Å². The standard InChI is InChI=1S/C13H23N3S/c1-9-8-17-13(14-9)15-10-6-11-4-3-5-12(7-10)16(11)2/h9-12H,3-8H2,1-2H3,(H,14,15). The molecule has 0 aromatic rings. The number of nitrogens with one attached hydrogen (secondary N) is 1. The lowest BCUT2D eigenvalue weighted by molar-refractivity contribution is 0.0575. The van der Waals surface area contributed by atoms with Gasteiger partial charge in [-0.25, -0.2) is 0 Å². The van der Waals surface area contributed by atoms with Crippen molar-refractivity contribution in [3.8, 4) is 0 Å². The van der Waals surface area contributed by atoms with Crippen molar-refractivity contribution < 1.29 is 0 Å². The van der Waals surface area contributed by atoms with Gasteiger partial charge < -0.3 is 10.2 Å². The van der Waals surface area contributed by atoms with Crippen LogP contribution in [0.3, 0.4) is 0 Å². The van der Waals surface area contributed by atoms with Crippen LogP contribution in [-0.2, 0) is 0 Å². The average Bonchev–Trinajstić information content (AvgIpc) is 2.66. The fourth-order valence-corrected chi connectivity index (χ4v) is 4.43. The van der Waals surface area contributed by atoms with E-state index >= 15 is 0 Å². The fraction of sp³-hybridized carbons (Fsp3) is 0.923. The van der Waals surface area contributed by atoms with Crippen LogP contribution < -0.4 is 5.32 Å². The number of amidine groups is 1. The Bertz CT molecular complexity index is 304. The van der Waals surface area contributed by atoms with E-state index < -0.39 is 0 Å². The topological polar surface area (TPSA) is 27.6 Å². The molecule has 0 aromatic carbocycles. The van der Waals surface area contributed by atoms with Crippen LogP contribution in [0.5, 0.6) is 0 Å². The molecule has 0 saturated carbocycles. The van der Waals surface area contributed by atoms with Crippen LogP contribution in [0.15, 0.2) is 4.99 Å². The fourth-order valence-electron chi connectivity index (χ4n) is 3.43. The molecule has 0 aromatic heterocycles. The summed E-state index contributed by atoms with van der Waals surface area (Å²) in [6.07, 6.45) is 6.73. The molecule has 3 unspecified atom stereocenters. The normalized spacial score (nSPS) is 44.9. The van der Waals surface area contributed by atoms with Crippen molar-refractivity contribution in [2.45, 2.75) is 63.2 Å². The summed E-state index contributed by atoms with van der Waals surface area (Å²) in [5.41, 5.74) is 0. The lowest BCUT2D eigenvalue weighted by Crippen LogP contribution is -2.51. The lowest BCUT2D eigenvalue weighted by atomic mass is 9.82. The second kappa shape index (κ2) is 4.81. The zero-order chi connectivity index (χ0) is 11.8. The maximum Gasteiger partial charge on any atom is 0.157 e. The lowest BCUT2D eigenvalue weighted by Gasteiger charge is -2.46. The van der Waals surface area contributed by atoms with Gasteiger partial charge in [0.15, 0.2) is 5.17 Å². The van der Waals surface area contributed by atoms with E-state index in [2.05, 4.69) is 24.2 Å². The van der Waals surface area contributed by atoms with E-state index in [1.165, 1.54) is 43.0 Å². The Morgan fingerprint density at radius 3 is 2.59 bits per heavy atom. The van der Waals surface area contributed by atoms with Gasteiger partial charge in [-0.3, -0.25) is 4.99 Å². The number of thioether (sulfide) groups is 1. The van der Waals surface area contributed by atoms with Crippen LogP contribution in [-0.4, -0.2) is 47.0 Å². The van der Waals surface area contributed by atoms with Gasteiger partial charge in [-0.2, -0.15) is 0 Å². The molecule has 3 fully saturated rings. The Balaban J connectivity index is 1.66. The molecular formula is C13H23N3S. The number of aliphatic imine (C=N–C) groups is 1. The van der Waals surface area contributed by atoms with E-state index in [9.17, 15) is 0 Å². The van der Waals surface area contributed by atoms with Crippen molar-refractivity contribution in [2.24, 2.45) is 4.99 Å². The maximum atomic E-state index is 4.94. The van der Waals surface area contributed by atoms with Crippen molar-refractivity contribution in [1.82, 2.24) is 10.2 Å². The van der Waals surface area contributed by atoms with Gasteiger partial charge in [-0.1, -0.05) is 18.2 Å². The summed E-state index contributed by atoms with van der Waals surface area (Å²) in [6, 6.07) is 2.76. The van der Waals surface area contributed by atoms with Gasteiger partial charge in [0.05, 0.1) is 6.04 Å². The molecule has 0 spiro atoms. The number of piperidine rings is 2. The Morgan fingerprint density at radius 1 is 1.29 bits per heavy atom. The molecule has 96 valence electrons. The average molecular weight is 253 g/mol. The highest BCUT2D eigenvalue weighted by atomic mass is 32.2. The summed E-state index contributed by atoms with van der Waals surface area (Å²) in [5.74, 6) is 1.18. The van der Waals surface area contributed by atoms with E-state index in [0.717, 1.165) is 12.1 Å². The molecular weight excluding hydrogens is 230 g/mol. The van der Waals surface area contributed by atoms with Crippen molar-refractivity contribution in [3.63, 3.8) is 0 Å². The molecule has 17 heavy (non-hydrogen) atoms. The Morgan fingerprint density at radius 2 is 2.00 bits per heavy atom. The zero-order valence-electron chi connectivity index (χ0n) is 10.9. The summed E-state index contributed by atoms with van der Waals surface area (Å²) in [7, 11) is 2.31. The minimum Gasteiger partial charge on any atom is -0.362 e. The van der Waals surface area contributed by atoms with Gasteiger partial charge in [0.2, 0.25) is 0 Å². The van der Waals surface area contributed by atoms with E-state index in [-0.39, 0.29) is 0 Å². The van der Waals surface area contributed by atoms with Crippen LogP contribution in [0.25, 0.3) is 0 Å². The Kier molecular flexibility index (Phi) is 3.35.